The summed E-state index contributed by atoms with van der Waals surface area (Å²) in [5, 5.41) is 0. The van der Waals surface area contributed by atoms with Gasteiger partial charge in [-0.3, -0.25) is 0 Å². The van der Waals surface area contributed by atoms with Crippen molar-refractivity contribution in [3.63, 3.8) is 0 Å². The van der Waals surface area contributed by atoms with Gasteiger partial charge in [-0.25, -0.2) is 0 Å². The van der Waals surface area contributed by atoms with Crippen LogP contribution in [0.4, 0.5) is 0 Å². The van der Waals surface area contributed by atoms with Crippen molar-refractivity contribution in [2.75, 3.05) is 0 Å². The first kappa shape index (κ1) is 25.6. The third kappa shape index (κ3) is 8.44. The minimum Gasteiger partial charge on any atom is -0.391 e. The van der Waals surface area contributed by atoms with Gasteiger partial charge in [0.2, 0.25) is 0 Å². The molecule has 0 aliphatic carbocycles. The van der Waals surface area contributed by atoms with Gasteiger partial charge in [-0.15, -0.1) is 0 Å². The molecule has 0 heterocycles. The van der Waals surface area contributed by atoms with Gasteiger partial charge in [-0.2, -0.15) is 0 Å². The molecule has 0 saturated heterocycles. The van der Waals surface area contributed by atoms with Crippen LogP contribution in [0.3, 0.4) is 0 Å². The maximum absolute atomic E-state index is 5.74. The van der Waals surface area contributed by atoms with E-state index >= 15 is 0 Å². The molecule has 0 aromatic heterocycles. The van der Waals surface area contributed by atoms with E-state index in [0.717, 1.165) is 36.7 Å². The van der Waals surface area contributed by atoms with Crippen molar-refractivity contribution in [2.45, 2.75) is 92.9 Å². The molecule has 31 heavy (non-hydrogen) atoms. The van der Waals surface area contributed by atoms with E-state index in [1.54, 1.807) is 0 Å². The fraction of sp³-hybridized carbons (Fsp3) is 0.571. The molecule has 0 radical (unpaired) electrons. The smallest absolute Gasteiger partial charge is 0.293 e. The van der Waals surface area contributed by atoms with E-state index in [1.807, 2.05) is 24.3 Å². The zero-order valence-electron chi connectivity index (χ0n) is 21.3. The van der Waals surface area contributed by atoms with Crippen LogP contribution in [0.1, 0.15) is 93.2 Å². The molecular formula is C28H42O2S. The van der Waals surface area contributed by atoms with E-state index < -0.39 is 0 Å². The number of hydrogen-bond acceptors (Lipinski definition) is 3. The summed E-state index contributed by atoms with van der Waals surface area (Å²) in [5.74, 6) is 1.59. The second-order valence-corrected chi connectivity index (χ2v) is 13.0. The summed E-state index contributed by atoms with van der Waals surface area (Å²) in [6, 6.07) is 16.7. The number of benzene rings is 2. The summed E-state index contributed by atoms with van der Waals surface area (Å²) in [7, 11) is 0. The third-order valence-corrected chi connectivity index (χ3v) is 6.00. The molecule has 0 fully saturated rings. The Morgan fingerprint density at radius 1 is 0.516 bits per heavy atom. The van der Waals surface area contributed by atoms with E-state index in [4.69, 9.17) is 8.37 Å². The van der Waals surface area contributed by atoms with Crippen LogP contribution in [-0.4, -0.2) is 0 Å². The lowest BCUT2D eigenvalue weighted by molar-refractivity contribution is 0.283. The van der Waals surface area contributed by atoms with Gasteiger partial charge >= 0.3 is 0 Å². The molecule has 2 rings (SSSR count). The lowest BCUT2D eigenvalue weighted by Gasteiger charge is -2.33. The SMILES string of the molecule is CC(C)(C)CC(C)(C)c1ccc(OSOc2ccc(C(C)(C)CC(C)(C)C)cc2)cc1. The van der Waals surface area contributed by atoms with Gasteiger partial charge in [-0.1, -0.05) is 93.5 Å². The van der Waals surface area contributed by atoms with Crippen LogP contribution >= 0.6 is 12.3 Å². The van der Waals surface area contributed by atoms with Crippen LogP contribution in [0, 0.1) is 10.8 Å². The van der Waals surface area contributed by atoms with Gasteiger partial charge in [0.1, 0.15) is 11.5 Å². The minimum atomic E-state index is 0.128. The first-order valence-electron chi connectivity index (χ1n) is 11.3. The van der Waals surface area contributed by atoms with E-state index in [-0.39, 0.29) is 10.8 Å². The van der Waals surface area contributed by atoms with Crippen LogP contribution in [0.15, 0.2) is 48.5 Å². The molecule has 0 aliphatic heterocycles. The van der Waals surface area contributed by atoms with Crippen molar-refractivity contribution in [1.29, 1.82) is 0 Å². The lowest BCUT2D eigenvalue weighted by atomic mass is 9.72. The van der Waals surface area contributed by atoms with Crippen LogP contribution in [0.5, 0.6) is 11.5 Å². The maximum atomic E-state index is 5.74. The number of rotatable bonds is 8. The Kier molecular flexibility index (Phi) is 7.85. The van der Waals surface area contributed by atoms with E-state index in [2.05, 4.69) is 93.5 Å². The summed E-state index contributed by atoms with van der Waals surface area (Å²) >= 11 is 1.01. The lowest BCUT2D eigenvalue weighted by Crippen LogP contribution is -2.24. The Balaban J connectivity index is 1.91. The highest BCUT2D eigenvalue weighted by atomic mass is 32.2. The highest BCUT2D eigenvalue weighted by molar-refractivity contribution is 7.90. The molecule has 0 amide bonds. The molecule has 3 heteroatoms. The summed E-state index contributed by atoms with van der Waals surface area (Å²) in [6.45, 7) is 23.0. The highest BCUT2D eigenvalue weighted by Crippen LogP contribution is 2.38. The van der Waals surface area contributed by atoms with Crippen molar-refractivity contribution in [3.05, 3.63) is 59.7 Å². The zero-order valence-corrected chi connectivity index (χ0v) is 22.1. The van der Waals surface area contributed by atoms with Gasteiger partial charge in [-0.05, 0) is 69.9 Å². The second kappa shape index (κ2) is 9.48. The van der Waals surface area contributed by atoms with Gasteiger partial charge < -0.3 is 8.37 Å². The van der Waals surface area contributed by atoms with Crippen molar-refractivity contribution in [1.82, 2.24) is 0 Å². The molecule has 2 nitrogen and oxygen atoms in total. The Labute approximate surface area is 195 Å². The molecule has 0 atom stereocenters. The average molecular weight is 443 g/mol. The monoisotopic (exact) mass is 442 g/mol. The normalized spacial score (nSPS) is 13.2. The molecular weight excluding hydrogens is 400 g/mol. The highest BCUT2D eigenvalue weighted by Gasteiger charge is 2.28. The first-order chi connectivity index (χ1) is 14.1. The molecule has 0 unspecified atom stereocenters. The third-order valence-electron chi connectivity index (χ3n) is 5.48. The van der Waals surface area contributed by atoms with Gasteiger partial charge in [0.25, 0.3) is 12.3 Å². The second-order valence-electron chi connectivity index (χ2n) is 12.5. The van der Waals surface area contributed by atoms with Crippen LogP contribution in [-0.2, 0) is 10.8 Å². The molecule has 0 N–H and O–H groups in total. The summed E-state index contributed by atoms with van der Waals surface area (Å²) in [6.07, 6.45) is 2.25. The Morgan fingerprint density at radius 2 is 0.806 bits per heavy atom. The fourth-order valence-corrected chi connectivity index (χ4v) is 5.29. The molecule has 2 aromatic rings. The predicted molar refractivity (Wildman–Crippen MR) is 136 cm³/mol. The van der Waals surface area contributed by atoms with Crippen LogP contribution < -0.4 is 8.37 Å². The van der Waals surface area contributed by atoms with Gasteiger partial charge in [0.05, 0.1) is 0 Å². The van der Waals surface area contributed by atoms with Crippen molar-refractivity contribution in [3.8, 4) is 11.5 Å². The summed E-state index contributed by atoms with van der Waals surface area (Å²) in [4.78, 5) is 0. The van der Waals surface area contributed by atoms with E-state index in [9.17, 15) is 0 Å². The standard InChI is InChI=1S/C28H42O2S/c1-25(2,3)19-27(7,8)21-11-15-23(16-12-21)29-31-30-24-17-13-22(14-18-24)28(9,10)20-26(4,5)6/h11-18H,19-20H2,1-10H3. The molecule has 0 aliphatic rings. The topological polar surface area (TPSA) is 18.5 Å². The quantitative estimate of drug-likeness (QED) is 0.380. The van der Waals surface area contributed by atoms with Crippen molar-refractivity contribution in [2.24, 2.45) is 10.8 Å². The van der Waals surface area contributed by atoms with E-state index in [0.29, 0.717) is 10.8 Å². The summed E-state index contributed by atoms with van der Waals surface area (Å²) < 4.78 is 11.5. The van der Waals surface area contributed by atoms with Gasteiger partial charge in [0.15, 0.2) is 0 Å². The maximum Gasteiger partial charge on any atom is 0.293 e. The Morgan fingerprint density at radius 3 is 1.06 bits per heavy atom. The van der Waals surface area contributed by atoms with Crippen LogP contribution in [0.2, 0.25) is 0 Å². The largest absolute Gasteiger partial charge is 0.391 e. The average Bonchev–Trinajstić information content (AvgIpc) is 2.58. The van der Waals surface area contributed by atoms with Gasteiger partial charge in [0, 0.05) is 0 Å². The molecule has 0 saturated carbocycles. The van der Waals surface area contributed by atoms with Crippen molar-refractivity contribution >= 4 is 12.3 Å². The minimum absolute atomic E-state index is 0.128. The van der Waals surface area contributed by atoms with Crippen molar-refractivity contribution < 1.29 is 8.37 Å². The number of hydrogen-bond donors (Lipinski definition) is 0. The fourth-order valence-electron chi connectivity index (χ4n) is 4.87. The van der Waals surface area contributed by atoms with E-state index in [1.165, 1.54) is 11.1 Å². The molecule has 172 valence electrons. The molecule has 0 bridgehead atoms. The Hall–Kier alpha value is -1.61. The zero-order chi connectivity index (χ0) is 23.5. The van der Waals surface area contributed by atoms with Crippen LogP contribution in [0.25, 0.3) is 0 Å². The predicted octanol–water partition coefficient (Wildman–Crippen LogP) is 9.14. The molecule has 2 aromatic carbocycles. The summed E-state index contributed by atoms with van der Waals surface area (Å²) in [5.41, 5.74) is 3.49. The Bertz CT molecular complexity index is 748. The molecule has 0 spiro atoms. The first-order valence-corrected chi connectivity index (χ1v) is 12.0.